The number of amides is 2. The molecule has 8 nitrogen and oxygen atoms in total. The Morgan fingerprint density at radius 2 is 2.42 bits per heavy atom. The molecule has 0 unspecified atom stereocenters. The van der Waals surface area contributed by atoms with Crippen LogP contribution in [0.15, 0.2) is 29.0 Å². The molecule has 0 aromatic carbocycles. The standard InChI is InChI=1S/C16H23N5O3/c22-7-5-14-12-21(19-18-14)11-13-3-1-6-20(10-13)16(23)17-9-15-4-2-8-24-15/h2,4,8,12-13,22H,1,3,5-7,9-11H2,(H,17,23)/t13-/m1/s1. The molecule has 0 spiro atoms. The first-order valence-corrected chi connectivity index (χ1v) is 8.29. The summed E-state index contributed by atoms with van der Waals surface area (Å²) in [5.41, 5.74) is 0.793. The van der Waals surface area contributed by atoms with Crippen LogP contribution in [0.2, 0.25) is 0 Å². The highest BCUT2D eigenvalue weighted by Crippen LogP contribution is 2.18. The maximum Gasteiger partial charge on any atom is 0.317 e. The zero-order valence-electron chi connectivity index (χ0n) is 13.6. The van der Waals surface area contributed by atoms with E-state index < -0.39 is 0 Å². The smallest absolute Gasteiger partial charge is 0.317 e. The van der Waals surface area contributed by atoms with Gasteiger partial charge in [0.2, 0.25) is 0 Å². The summed E-state index contributed by atoms with van der Waals surface area (Å²) in [7, 11) is 0. The number of hydrogen-bond donors (Lipinski definition) is 2. The number of carbonyl (C=O) groups excluding carboxylic acids is 1. The second kappa shape index (κ2) is 7.96. The number of urea groups is 1. The number of furan rings is 1. The van der Waals surface area contributed by atoms with Gasteiger partial charge in [-0.3, -0.25) is 4.68 Å². The molecule has 8 heteroatoms. The first-order valence-electron chi connectivity index (χ1n) is 8.29. The number of nitrogens with one attached hydrogen (secondary N) is 1. The van der Waals surface area contributed by atoms with Crippen LogP contribution in [0.3, 0.4) is 0 Å². The topological polar surface area (TPSA) is 96.4 Å². The van der Waals surface area contributed by atoms with E-state index in [4.69, 9.17) is 9.52 Å². The lowest BCUT2D eigenvalue weighted by molar-refractivity contribution is 0.156. The first kappa shape index (κ1) is 16.5. The monoisotopic (exact) mass is 333 g/mol. The van der Waals surface area contributed by atoms with Gasteiger partial charge < -0.3 is 19.7 Å². The van der Waals surface area contributed by atoms with Crippen molar-refractivity contribution in [3.05, 3.63) is 36.0 Å². The van der Waals surface area contributed by atoms with E-state index >= 15 is 0 Å². The number of rotatable bonds is 6. The van der Waals surface area contributed by atoms with Crippen molar-refractivity contribution in [2.75, 3.05) is 19.7 Å². The molecule has 1 fully saturated rings. The van der Waals surface area contributed by atoms with Gasteiger partial charge >= 0.3 is 6.03 Å². The summed E-state index contributed by atoms with van der Waals surface area (Å²) >= 11 is 0. The van der Waals surface area contributed by atoms with Gasteiger partial charge in [-0.25, -0.2) is 4.79 Å². The number of piperidine rings is 1. The van der Waals surface area contributed by atoms with E-state index in [0.29, 0.717) is 25.4 Å². The molecule has 0 aliphatic carbocycles. The van der Waals surface area contributed by atoms with E-state index in [2.05, 4.69) is 15.6 Å². The lowest BCUT2D eigenvalue weighted by Gasteiger charge is -2.32. The number of aromatic nitrogens is 3. The van der Waals surface area contributed by atoms with Crippen molar-refractivity contribution in [2.45, 2.75) is 32.4 Å². The molecule has 3 heterocycles. The van der Waals surface area contributed by atoms with Crippen LogP contribution in [0.5, 0.6) is 0 Å². The van der Waals surface area contributed by atoms with Crippen LogP contribution in [-0.2, 0) is 19.5 Å². The van der Waals surface area contributed by atoms with Crippen LogP contribution < -0.4 is 5.32 Å². The molecule has 130 valence electrons. The average molecular weight is 333 g/mol. The highest BCUT2D eigenvalue weighted by atomic mass is 16.3. The summed E-state index contributed by atoms with van der Waals surface area (Å²) in [6.07, 6.45) is 6.04. The van der Waals surface area contributed by atoms with E-state index in [9.17, 15) is 4.79 Å². The van der Waals surface area contributed by atoms with E-state index in [-0.39, 0.29) is 12.6 Å². The molecule has 1 saturated heterocycles. The highest BCUT2D eigenvalue weighted by molar-refractivity contribution is 5.74. The Balaban J connectivity index is 1.48. The van der Waals surface area contributed by atoms with Crippen LogP contribution in [0, 0.1) is 5.92 Å². The highest BCUT2D eigenvalue weighted by Gasteiger charge is 2.24. The molecular weight excluding hydrogens is 310 g/mol. The Morgan fingerprint density at radius 3 is 3.21 bits per heavy atom. The Bertz CT molecular complexity index is 640. The quantitative estimate of drug-likeness (QED) is 0.823. The van der Waals surface area contributed by atoms with Crippen molar-refractivity contribution in [1.29, 1.82) is 0 Å². The molecular formula is C16H23N5O3. The molecule has 0 saturated carbocycles. The van der Waals surface area contributed by atoms with Crippen LogP contribution in [0.1, 0.15) is 24.3 Å². The predicted octanol–water partition coefficient (Wildman–Crippen LogP) is 1.03. The summed E-state index contributed by atoms with van der Waals surface area (Å²) in [5, 5.41) is 19.9. The van der Waals surface area contributed by atoms with Gasteiger partial charge in [-0.2, -0.15) is 0 Å². The van der Waals surface area contributed by atoms with Crippen LogP contribution in [0.4, 0.5) is 4.79 Å². The minimum absolute atomic E-state index is 0.0596. The molecule has 3 rings (SSSR count). The molecule has 0 bridgehead atoms. The molecule has 1 aliphatic heterocycles. The second-order valence-electron chi connectivity index (χ2n) is 6.10. The largest absolute Gasteiger partial charge is 0.467 e. The minimum atomic E-state index is -0.0596. The van der Waals surface area contributed by atoms with Gasteiger partial charge in [-0.1, -0.05) is 5.21 Å². The van der Waals surface area contributed by atoms with Crippen molar-refractivity contribution in [3.63, 3.8) is 0 Å². The SMILES string of the molecule is O=C(NCc1ccco1)N1CCC[C@@H](Cn2cc(CCO)nn2)C1. The van der Waals surface area contributed by atoms with Crippen LogP contribution in [0.25, 0.3) is 0 Å². The molecule has 2 aromatic heterocycles. The van der Waals surface area contributed by atoms with Crippen molar-refractivity contribution >= 4 is 6.03 Å². The summed E-state index contributed by atoms with van der Waals surface area (Å²) in [5.74, 6) is 1.10. The minimum Gasteiger partial charge on any atom is -0.467 e. The van der Waals surface area contributed by atoms with Gasteiger partial charge in [-0.05, 0) is 30.9 Å². The lowest BCUT2D eigenvalue weighted by Crippen LogP contribution is -2.46. The number of hydrogen-bond acceptors (Lipinski definition) is 5. The Morgan fingerprint density at radius 1 is 1.50 bits per heavy atom. The molecule has 0 radical (unpaired) electrons. The third-order valence-electron chi connectivity index (χ3n) is 4.20. The molecule has 2 N–H and O–H groups in total. The van der Waals surface area contributed by atoms with E-state index in [1.54, 1.807) is 10.9 Å². The third kappa shape index (κ3) is 4.35. The predicted molar refractivity (Wildman–Crippen MR) is 86.1 cm³/mol. The lowest BCUT2D eigenvalue weighted by atomic mass is 9.98. The summed E-state index contributed by atoms with van der Waals surface area (Å²) < 4.78 is 7.03. The first-order chi connectivity index (χ1) is 11.7. The Kier molecular flexibility index (Phi) is 5.47. The zero-order chi connectivity index (χ0) is 16.8. The van der Waals surface area contributed by atoms with E-state index in [1.165, 1.54) is 0 Å². The van der Waals surface area contributed by atoms with Crippen LogP contribution in [-0.4, -0.2) is 50.7 Å². The maximum atomic E-state index is 12.3. The molecule has 1 atom stereocenters. The van der Waals surface area contributed by atoms with Gasteiger partial charge in [0, 0.05) is 38.9 Å². The Labute approximate surface area is 140 Å². The molecule has 24 heavy (non-hydrogen) atoms. The molecule has 2 aromatic rings. The summed E-state index contributed by atoms with van der Waals surface area (Å²) in [6, 6.07) is 3.59. The van der Waals surface area contributed by atoms with Gasteiger partial charge in [-0.15, -0.1) is 5.10 Å². The number of carbonyl (C=O) groups is 1. The van der Waals surface area contributed by atoms with E-state index in [1.807, 2.05) is 23.2 Å². The summed E-state index contributed by atoms with van der Waals surface area (Å²) in [6.45, 7) is 2.69. The summed E-state index contributed by atoms with van der Waals surface area (Å²) in [4.78, 5) is 14.1. The Hall–Kier alpha value is -2.35. The van der Waals surface area contributed by atoms with Crippen molar-refractivity contribution < 1.29 is 14.3 Å². The number of nitrogens with zero attached hydrogens (tertiary/aromatic N) is 4. The second-order valence-corrected chi connectivity index (χ2v) is 6.10. The van der Waals surface area contributed by atoms with Gasteiger partial charge in [0.05, 0.1) is 18.5 Å². The van der Waals surface area contributed by atoms with Crippen molar-refractivity contribution in [1.82, 2.24) is 25.2 Å². The maximum absolute atomic E-state index is 12.3. The molecule has 1 aliphatic rings. The zero-order valence-corrected chi connectivity index (χ0v) is 13.6. The molecule has 2 amide bonds. The van der Waals surface area contributed by atoms with Gasteiger partial charge in [0.15, 0.2) is 0 Å². The van der Waals surface area contributed by atoms with E-state index in [0.717, 1.165) is 37.4 Å². The van der Waals surface area contributed by atoms with Crippen LogP contribution >= 0.6 is 0 Å². The fourth-order valence-corrected chi connectivity index (χ4v) is 3.01. The van der Waals surface area contributed by atoms with Gasteiger partial charge in [0.25, 0.3) is 0 Å². The third-order valence-corrected chi connectivity index (χ3v) is 4.20. The number of aliphatic hydroxyl groups excluding tert-OH is 1. The van der Waals surface area contributed by atoms with Gasteiger partial charge in [0.1, 0.15) is 5.76 Å². The fraction of sp³-hybridized carbons (Fsp3) is 0.562. The fourth-order valence-electron chi connectivity index (χ4n) is 3.01. The van der Waals surface area contributed by atoms with Crippen molar-refractivity contribution in [2.24, 2.45) is 5.92 Å². The van der Waals surface area contributed by atoms with Crippen molar-refractivity contribution in [3.8, 4) is 0 Å². The number of aliphatic hydroxyl groups is 1. The average Bonchev–Trinajstić information content (AvgIpc) is 3.25. The number of likely N-dealkylation sites (tertiary alicyclic amines) is 1. The normalized spacial score (nSPS) is 17.9.